The first-order valence-corrected chi connectivity index (χ1v) is 7.09. The molecule has 0 aromatic carbocycles. The third-order valence-corrected chi connectivity index (χ3v) is 4.58. The average molecular weight is 279 g/mol. The van der Waals surface area contributed by atoms with Crippen LogP contribution in [-0.4, -0.2) is 46.8 Å². The lowest BCUT2D eigenvalue weighted by atomic mass is 9.75. The van der Waals surface area contributed by atoms with Gasteiger partial charge in [-0.2, -0.15) is 5.10 Å². The van der Waals surface area contributed by atoms with Crippen LogP contribution >= 0.6 is 0 Å². The number of carbonyl (C=O) groups is 1. The summed E-state index contributed by atoms with van der Waals surface area (Å²) in [6.45, 7) is 4.67. The van der Waals surface area contributed by atoms with E-state index in [1.54, 1.807) is 4.68 Å². The van der Waals surface area contributed by atoms with Crippen LogP contribution in [0.25, 0.3) is 0 Å². The lowest BCUT2D eigenvalue weighted by molar-refractivity contribution is -0.122. The molecule has 6 heteroatoms. The SMILES string of the molecule is Cc1nn(CC(=O)NCC2(N(C)C)CCC2)c(C)c1N. The third-order valence-electron chi connectivity index (χ3n) is 4.58. The van der Waals surface area contributed by atoms with Crippen molar-refractivity contribution in [3.05, 3.63) is 11.4 Å². The van der Waals surface area contributed by atoms with Crippen molar-refractivity contribution in [2.75, 3.05) is 26.4 Å². The zero-order valence-electron chi connectivity index (χ0n) is 12.9. The molecule has 2 rings (SSSR count). The maximum Gasteiger partial charge on any atom is 0.241 e. The van der Waals surface area contributed by atoms with Gasteiger partial charge in [0.25, 0.3) is 0 Å². The molecule has 1 fully saturated rings. The molecule has 112 valence electrons. The number of nitrogens with zero attached hydrogens (tertiary/aromatic N) is 3. The number of likely N-dealkylation sites (N-methyl/N-ethyl adjacent to an activating group) is 1. The molecule has 1 saturated carbocycles. The van der Waals surface area contributed by atoms with Gasteiger partial charge in [0.05, 0.1) is 17.1 Å². The number of hydrogen-bond donors (Lipinski definition) is 2. The lowest BCUT2D eigenvalue weighted by Gasteiger charge is -2.47. The first-order valence-electron chi connectivity index (χ1n) is 7.09. The fourth-order valence-corrected chi connectivity index (χ4v) is 2.69. The van der Waals surface area contributed by atoms with E-state index in [0.717, 1.165) is 24.2 Å². The van der Waals surface area contributed by atoms with Crippen LogP contribution in [0.4, 0.5) is 5.69 Å². The van der Waals surface area contributed by atoms with E-state index in [-0.39, 0.29) is 18.0 Å². The molecule has 1 aromatic heterocycles. The fraction of sp³-hybridized carbons (Fsp3) is 0.714. The minimum atomic E-state index is -0.0104. The normalized spacial score (nSPS) is 17.1. The number of nitrogen functional groups attached to an aromatic ring is 1. The Balaban J connectivity index is 1.91. The molecule has 0 spiro atoms. The number of anilines is 1. The van der Waals surface area contributed by atoms with E-state index in [0.29, 0.717) is 12.2 Å². The fourth-order valence-electron chi connectivity index (χ4n) is 2.69. The Morgan fingerprint density at radius 2 is 2.10 bits per heavy atom. The second-order valence-corrected chi connectivity index (χ2v) is 5.99. The first-order chi connectivity index (χ1) is 9.35. The van der Waals surface area contributed by atoms with Crippen LogP contribution in [0.5, 0.6) is 0 Å². The largest absolute Gasteiger partial charge is 0.396 e. The number of nitrogens with one attached hydrogen (secondary N) is 1. The summed E-state index contributed by atoms with van der Waals surface area (Å²) in [5, 5.41) is 7.31. The van der Waals surface area contributed by atoms with Gasteiger partial charge < -0.3 is 16.0 Å². The predicted octanol–water partition coefficient (Wildman–Crippen LogP) is 0.683. The van der Waals surface area contributed by atoms with Crippen LogP contribution < -0.4 is 11.1 Å². The molecule has 0 bridgehead atoms. The van der Waals surface area contributed by atoms with Gasteiger partial charge in [0, 0.05) is 12.1 Å². The molecule has 0 unspecified atom stereocenters. The van der Waals surface area contributed by atoms with Crippen LogP contribution in [0.1, 0.15) is 30.7 Å². The summed E-state index contributed by atoms with van der Waals surface area (Å²) in [5.74, 6) is -0.0104. The summed E-state index contributed by atoms with van der Waals surface area (Å²) in [4.78, 5) is 14.3. The minimum Gasteiger partial charge on any atom is -0.396 e. The highest BCUT2D eigenvalue weighted by molar-refractivity contribution is 5.76. The van der Waals surface area contributed by atoms with E-state index in [1.165, 1.54) is 6.42 Å². The van der Waals surface area contributed by atoms with Crippen LogP contribution in [-0.2, 0) is 11.3 Å². The standard InChI is InChI=1S/C14H25N5O/c1-10-13(15)11(2)19(17-10)8-12(20)16-9-14(18(3)4)6-5-7-14/h5-9,15H2,1-4H3,(H,16,20). The number of nitrogens with two attached hydrogens (primary N) is 1. The van der Waals surface area contributed by atoms with Crippen molar-refractivity contribution >= 4 is 11.6 Å². The summed E-state index contributed by atoms with van der Waals surface area (Å²) in [6.07, 6.45) is 3.53. The number of rotatable bonds is 5. The van der Waals surface area contributed by atoms with Crippen molar-refractivity contribution in [3.8, 4) is 0 Å². The zero-order valence-corrected chi connectivity index (χ0v) is 12.9. The Bertz CT molecular complexity index is 502. The highest BCUT2D eigenvalue weighted by Gasteiger charge is 2.39. The first kappa shape index (κ1) is 14.8. The minimum absolute atomic E-state index is 0.0104. The van der Waals surface area contributed by atoms with E-state index < -0.39 is 0 Å². The molecular formula is C14H25N5O. The van der Waals surface area contributed by atoms with Crippen molar-refractivity contribution in [1.82, 2.24) is 20.0 Å². The van der Waals surface area contributed by atoms with Crippen LogP contribution in [0.2, 0.25) is 0 Å². The molecule has 1 aromatic rings. The lowest BCUT2D eigenvalue weighted by Crippen LogP contribution is -2.57. The van der Waals surface area contributed by atoms with Gasteiger partial charge in [0.15, 0.2) is 0 Å². The van der Waals surface area contributed by atoms with E-state index in [2.05, 4.69) is 29.4 Å². The molecule has 1 amide bonds. The second-order valence-electron chi connectivity index (χ2n) is 5.99. The van der Waals surface area contributed by atoms with E-state index >= 15 is 0 Å². The summed E-state index contributed by atoms with van der Waals surface area (Å²) in [7, 11) is 4.15. The molecule has 1 heterocycles. The highest BCUT2D eigenvalue weighted by Crippen LogP contribution is 2.35. The monoisotopic (exact) mass is 279 g/mol. The van der Waals surface area contributed by atoms with Crippen LogP contribution in [0, 0.1) is 13.8 Å². The number of aryl methyl sites for hydroxylation is 1. The van der Waals surface area contributed by atoms with Crippen molar-refractivity contribution in [3.63, 3.8) is 0 Å². The van der Waals surface area contributed by atoms with Crippen LogP contribution in [0.15, 0.2) is 0 Å². The van der Waals surface area contributed by atoms with Crippen molar-refractivity contribution in [2.24, 2.45) is 0 Å². The summed E-state index contributed by atoms with van der Waals surface area (Å²) < 4.78 is 1.67. The molecule has 0 aliphatic heterocycles. The number of amides is 1. The maximum atomic E-state index is 12.1. The Morgan fingerprint density at radius 1 is 1.45 bits per heavy atom. The number of aromatic nitrogens is 2. The molecule has 1 aliphatic rings. The van der Waals surface area contributed by atoms with Gasteiger partial charge in [-0.1, -0.05) is 0 Å². The maximum absolute atomic E-state index is 12.1. The number of carbonyl (C=O) groups excluding carboxylic acids is 1. The molecule has 20 heavy (non-hydrogen) atoms. The van der Waals surface area contributed by atoms with Gasteiger partial charge in [0.2, 0.25) is 5.91 Å². The quantitative estimate of drug-likeness (QED) is 0.831. The third kappa shape index (κ3) is 2.65. The predicted molar refractivity (Wildman–Crippen MR) is 79.4 cm³/mol. The Morgan fingerprint density at radius 3 is 2.50 bits per heavy atom. The van der Waals surface area contributed by atoms with Crippen molar-refractivity contribution < 1.29 is 4.79 Å². The van der Waals surface area contributed by atoms with E-state index in [4.69, 9.17) is 5.73 Å². The number of hydrogen-bond acceptors (Lipinski definition) is 4. The van der Waals surface area contributed by atoms with Gasteiger partial charge in [0.1, 0.15) is 6.54 Å². The Hall–Kier alpha value is -1.56. The Labute approximate surface area is 120 Å². The topological polar surface area (TPSA) is 76.2 Å². The van der Waals surface area contributed by atoms with E-state index in [1.807, 2.05) is 13.8 Å². The molecule has 0 radical (unpaired) electrons. The van der Waals surface area contributed by atoms with Gasteiger partial charge in [-0.15, -0.1) is 0 Å². The smallest absolute Gasteiger partial charge is 0.241 e. The van der Waals surface area contributed by atoms with Gasteiger partial charge >= 0.3 is 0 Å². The van der Waals surface area contributed by atoms with Crippen molar-refractivity contribution in [1.29, 1.82) is 0 Å². The molecular weight excluding hydrogens is 254 g/mol. The average Bonchev–Trinajstić information content (AvgIpc) is 2.55. The van der Waals surface area contributed by atoms with E-state index in [9.17, 15) is 4.79 Å². The van der Waals surface area contributed by atoms with Crippen molar-refractivity contribution in [2.45, 2.75) is 45.2 Å². The molecule has 1 aliphatic carbocycles. The van der Waals surface area contributed by atoms with Gasteiger partial charge in [-0.25, -0.2) is 0 Å². The molecule has 3 N–H and O–H groups in total. The highest BCUT2D eigenvalue weighted by atomic mass is 16.2. The van der Waals surface area contributed by atoms with Gasteiger partial charge in [-0.05, 0) is 47.2 Å². The molecule has 6 nitrogen and oxygen atoms in total. The Kier molecular flexibility index (Phi) is 4.04. The molecule has 0 atom stereocenters. The zero-order chi connectivity index (χ0) is 14.9. The molecule has 0 saturated heterocycles. The summed E-state index contributed by atoms with van der Waals surface area (Å²) >= 11 is 0. The summed E-state index contributed by atoms with van der Waals surface area (Å²) in [5.41, 5.74) is 8.31. The second kappa shape index (κ2) is 5.44. The van der Waals surface area contributed by atoms with Gasteiger partial charge in [-0.3, -0.25) is 9.48 Å². The summed E-state index contributed by atoms with van der Waals surface area (Å²) in [6, 6.07) is 0. The van der Waals surface area contributed by atoms with Crippen LogP contribution in [0.3, 0.4) is 0 Å².